The number of carbonyl (C=O) groups excluding carboxylic acids is 1. The second-order valence-electron chi connectivity index (χ2n) is 6.31. The molecule has 2 atom stereocenters. The quantitative estimate of drug-likeness (QED) is 0.882. The van der Waals surface area contributed by atoms with E-state index in [9.17, 15) is 9.18 Å². The Kier molecular flexibility index (Phi) is 4.18. The highest BCUT2D eigenvalue weighted by atomic mass is 35.5. The lowest BCUT2D eigenvalue weighted by Gasteiger charge is -2.45. The highest BCUT2D eigenvalue weighted by Gasteiger charge is 2.40. The second-order valence-corrected chi connectivity index (χ2v) is 6.71. The molecule has 2 unspecified atom stereocenters. The lowest BCUT2D eigenvalue weighted by atomic mass is 9.67. The van der Waals surface area contributed by atoms with E-state index >= 15 is 0 Å². The zero-order valence-corrected chi connectivity index (χ0v) is 12.6. The van der Waals surface area contributed by atoms with E-state index in [1.54, 1.807) is 0 Å². The van der Waals surface area contributed by atoms with Crippen LogP contribution in [0.25, 0.3) is 0 Å². The third-order valence-electron chi connectivity index (χ3n) is 4.85. The van der Waals surface area contributed by atoms with Gasteiger partial charge in [0.2, 0.25) is 0 Å². The lowest BCUT2D eigenvalue weighted by molar-refractivity contribution is 0.0756. The first-order valence-electron chi connectivity index (χ1n) is 7.56. The van der Waals surface area contributed by atoms with Crippen molar-refractivity contribution in [2.75, 3.05) is 0 Å². The van der Waals surface area contributed by atoms with E-state index in [2.05, 4.69) is 5.32 Å². The van der Waals surface area contributed by atoms with Gasteiger partial charge in [-0.25, -0.2) is 4.39 Å². The van der Waals surface area contributed by atoms with Crippen LogP contribution in [0, 0.1) is 17.7 Å². The van der Waals surface area contributed by atoms with Gasteiger partial charge in [-0.1, -0.05) is 18.0 Å². The molecule has 2 fully saturated rings. The predicted octanol–water partition coefficient (Wildman–Crippen LogP) is 3.11. The molecule has 0 aromatic heterocycles. The number of fused-ring (bicyclic) bond motifs is 2. The Balaban J connectivity index is 1.75. The van der Waals surface area contributed by atoms with Crippen LogP contribution >= 0.6 is 11.6 Å². The Hall–Kier alpha value is -1.13. The van der Waals surface area contributed by atoms with E-state index in [-0.39, 0.29) is 23.0 Å². The first-order chi connectivity index (χ1) is 10.0. The van der Waals surface area contributed by atoms with Crippen LogP contribution in [0.3, 0.4) is 0 Å². The number of hydrogen-bond donors (Lipinski definition) is 2. The van der Waals surface area contributed by atoms with Gasteiger partial charge in [0, 0.05) is 12.1 Å². The van der Waals surface area contributed by atoms with Crippen molar-refractivity contribution in [1.29, 1.82) is 0 Å². The van der Waals surface area contributed by atoms with Crippen LogP contribution in [-0.2, 0) is 0 Å². The molecule has 2 aliphatic rings. The first-order valence-corrected chi connectivity index (χ1v) is 7.94. The van der Waals surface area contributed by atoms with Gasteiger partial charge >= 0.3 is 0 Å². The molecule has 0 spiro atoms. The molecule has 0 heterocycles. The van der Waals surface area contributed by atoms with Crippen LogP contribution in [-0.4, -0.2) is 18.0 Å². The highest BCUT2D eigenvalue weighted by molar-refractivity contribution is 6.33. The Morgan fingerprint density at radius 1 is 1.29 bits per heavy atom. The van der Waals surface area contributed by atoms with Crippen LogP contribution in [0.15, 0.2) is 18.2 Å². The lowest BCUT2D eigenvalue weighted by Crippen LogP contribution is -2.53. The van der Waals surface area contributed by atoms with Gasteiger partial charge in [0.15, 0.2) is 0 Å². The maximum absolute atomic E-state index is 13.1. The van der Waals surface area contributed by atoms with Gasteiger partial charge < -0.3 is 11.1 Å². The van der Waals surface area contributed by atoms with Crippen molar-refractivity contribution in [3.63, 3.8) is 0 Å². The standard InChI is InChI=1S/C16H20ClFN2O/c17-14-8-11(18)4-5-13(14)16(21)20-15-9-2-1-3-10(15)7-12(19)6-9/h4-5,8-10,12,15H,1-3,6-7,19H2,(H,20,21). The fraction of sp³-hybridized carbons (Fsp3) is 0.562. The summed E-state index contributed by atoms with van der Waals surface area (Å²) in [7, 11) is 0. The van der Waals surface area contributed by atoms with Crippen molar-refractivity contribution in [2.24, 2.45) is 17.6 Å². The summed E-state index contributed by atoms with van der Waals surface area (Å²) in [6.07, 6.45) is 5.39. The molecule has 114 valence electrons. The number of nitrogens with two attached hydrogens (primary N) is 1. The predicted molar refractivity (Wildman–Crippen MR) is 80.7 cm³/mol. The second kappa shape index (κ2) is 5.93. The van der Waals surface area contributed by atoms with E-state index in [0.29, 0.717) is 17.4 Å². The third-order valence-corrected chi connectivity index (χ3v) is 5.16. The molecule has 0 radical (unpaired) electrons. The number of carbonyl (C=O) groups is 1. The Morgan fingerprint density at radius 3 is 2.57 bits per heavy atom. The topological polar surface area (TPSA) is 55.1 Å². The first kappa shape index (κ1) is 14.8. The zero-order valence-electron chi connectivity index (χ0n) is 11.8. The third kappa shape index (κ3) is 3.06. The molecule has 2 bridgehead atoms. The largest absolute Gasteiger partial charge is 0.349 e. The van der Waals surface area contributed by atoms with Crippen LogP contribution in [0.4, 0.5) is 4.39 Å². The summed E-state index contributed by atoms with van der Waals surface area (Å²) < 4.78 is 13.1. The van der Waals surface area contributed by atoms with Gasteiger partial charge in [0.1, 0.15) is 5.82 Å². The fourth-order valence-electron chi connectivity index (χ4n) is 3.93. The molecule has 2 aliphatic carbocycles. The molecule has 2 saturated carbocycles. The summed E-state index contributed by atoms with van der Waals surface area (Å²) in [5, 5.41) is 3.27. The Morgan fingerprint density at radius 2 is 1.95 bits per heavy atom. The van der Waals surface area contributed by atoms with Crippen molar-refractivity contribution in [3.8, 4) is 0 Å². The number of halogens is 2. The number of nitrogens with one attached hydrogen (secondary N) is 1. The van der Waals surface area contributed by atoms with E-state index in [0.717, 1.165) is 25.7 Å². The molecule has 3 rings (SSSR count). The van der Waals surface area contributed by atoms with Crippen molar-refractivity contribution in [1.82, 2.24) is 5.32 Å². The molecule has 0 saturated heterocycles. The van der Waals surface area contributed by atoms with Gasteiger partial charge in [-0.3, -0.25) is 4.79 Å². The molecule has 1 aromatic carbocycles. The average molecular weight is 311 g/mol. The summed E-state index contributed by atoms with van der Waals surface area (Å²) in [6.45, 7) is 0. The van der Waals surface area contributed by atoms with Crippen LogP contribution in [0.5, 0.6) is 0 Å². The molecule has 0 aliphatic heterocycles. The monoisotopic (exact) mass is 310 g/mol. The van der Waals surface area contributed by atoms with Gasteiger partial charge in [0.05, 0.1) is 10.6 Å². The van der Waals surface area contributed by atoms with Gasteiger partial charge in [-0.05, 0) is 55.7 Å². The van der Waals surface area contributed by atoms with Crippen LogP contribution in [0.2, 0.25) is 5.02 Å². The van der Waals surface area contributed by atoms with Crippen molar-refractivity contribution >= 4 is 17.5 Å². The number of hydrogen-bond acceptors (Lipinski definition) is 2. The fourth-order valence-corrected chi connectivity index (χ4v) is 4.18. The normalized spacial score (nSPS) is 31.8. The summed E-state index contributed by atoms with van der Waals surface area (Å²) in [4.78, 5) is 12.4. The maximum atomic E-state index is 13.1. The maximum Gasteiger partial charge on any atom is 0.253 e. The molecule has 21 heavy (non-hydrogen) atoms. The Labute approximate surface area is 129 Å². The minimum atomic E-state index is -0.433. The summed E-state index contributed by atoms with van der Waals surface area (Å²) in [5.41, 5.74) is 6.43. The van der Waals surface area contributed by atoms with E-state index in [1.165, 1.54) is 24.6 Å². The minimum absolute atomic E-state index is 0.158. The van der Waals surface area contributed by atoms with Gasteiger partial charge in [-0.2, -0.15) is 0 Å². The van der Waals surface area contributed by atoms with E-state index in [4.69, 9.17) is 17.3 Å². The minimum Gasteiger partial charge on any atom is -0.349 e. The van der Waals surface area contributed by atoms with Crippen molar-refractivity contribution < 1.29 is 9.18 Å². The average Bonchev–Trinajstić information content (AvgIpc) is 2.39. The van der Waals surface area contributed by atoms with Crippen LogP contribution < -0.4 is 11.1 Å². The van der Waals surface area contributed by atoms with Crippen molar-refractivity contribution in [2.45, 2.75) is 44.2 Å². The molecule has 5 heteroatoms. The molecular formula is C16H20ClFN2O. The molecule has 1 amide bonds. The van der Waals surface area contributed by atoms with Gasteiger partial charge in [-0.15, -0.1) is 0 Å². The number of rotatable bonds is 2. The Bertz CT molecular complexity index is 537. The van der Waals surface area contributed by atoms with Crippen molar-refractivity contribution in [3.05, 3.63) is 34.6 Å². The smallest absolute Gasteiger partial charge is 0.253 e. The summed E-state index contributed by atoms with van der Waals surface area (Å²) in [6, 6.07) is 4.30. The summed E-state index contributed by atoms with van der Waals surface area (Å²) in [5.74, 6) is 0.265. The number of amides is 1. The molecular weight excluding hydrogens is 291 g/mol. The van der Waals surface area contributed by atoms with Crippen LogP contribution in [0.1, 0.15) is 42.5 Å². The SMILES string of the molecule is NC1CC2CCCC(C1)C2NC(=O)c1ccc(F)cc1Cl. The molecule has 3 N–H and O–H groups in total. The van der Waals surface area contributed by atoms with Gasteiger partial charge in [0.25, 0.3) is 5.91 Å². The molecule has 3 nitrogen and oxygen atoms in total. The van der Waals surface area contributed by atoms with E-state index < -0.39 is 5.82 Å². The van der Waals surface area contributed by atoms with E-state index in [1.807, 2.05) is 0 Å². The zero-order chi connectivity index (χ0) is 15.0. The highest BCUT2D eigenvalue weighted by Crippen LogP contribution is 2.39. The number of benzene rings is 1. The summed E-state index contributed by atoms with van der Waals surface area (Å²) >= 11 is 5.97. The molecule has 1 aromatic rings.